The minimum Gasteiger partial charge on any atom is -0.385 e. The normalized spacial score (nSPS) is 10.3. The van der Waals surface area contributed by atoms with Crippen molar-refractivity contribution in [3.8, 4) is 11.3 Å². The van der Waals surface area contributed by atoms with E-state index in [-0.39, 0.29) is 0 Å². The van der Waals surface area contributed by atoms with Crippen LogP contribution in [0.2, 0.25) is 0 Å². The first-order valence-electron chi connectivity index (χ1n) is 4.62. The van der Waals surface area contributed by atoms with Gasteiger partial charge < -0.3 is 16.5 Å². The van der Waals surface area contributed by atoms with Crippen LogP contribution in [0.4, 0.5) is 5.82 Å². The van der Waals surface area contributed by atoms with Gasteiger partial charge in [-0.2, -0.15) is 0 Å². The number of primary amides is 1. The Morgan fingerprint density at radius 1 is 1.31 bits per heavy atom. The van der Waals surface area contributed by atoms with Crippen LogP contribution in [-0.4, -0.2) is 10.9 Å². The number of H-pyrrole nitrogens is 1. The molecule has 0 unspecified atom stereocenters. The van der Waals surface area contributed by atoms with Crippen molar-refractivity contribution in [1.82, 2.24) is 4.98 Å². The number of benzene rings is 1. The molecule has 0 saturated heterocycles. The van der Waals surface area contributed by atoms with E-state index in [1.165, 1.54) is 0 Å². The van der Waals surface area contributed by atoms with Gasteiger partial charge in [0, 0.05) is 10.2 Å². The van der Waals surface area contributed by atoms with Crippen molar-refractivity contribution in [3.63, 3.8) is 0 Å². The third kappa shape index (κ3) is 1.94. The van der Waals surface area contributed by atoms with E-state index in [0.717, 1.165) is 15.7 Å². The van der Waals surface area contributed by atoms with Gasteiger partial charge in [0.15, 0.2) is 0 Å². The van der Waals surface area contributed by atoms with Crippen molar-refractivity contribution in [3.05, 3.63) is 40.4 Å². The Morgan fingerprint density at radius 3 is 2.62 bits per heavy atom. The second kappa shape index (κ2) is 4.02. The Kier molecular flexibility index (Phi) is 2.70. The molecule has 5 heteroatoms. The van der Waals surface area contributed by atoms with Crippen molar-refractivity contribution in [2.45, 2.75) is 0 Å². The van der Waals surface area contributed by atoms with Crippen LogP contribution in [0.5, 0.6) is 0 Å². The molecule has 0 aliphatic carbocycles. The average molecular weight is 280 g/mol. The lowest BCUT2D eigenvalue weighted by Crippen LogP contribution is -2.11. The van der Waals surface area contributed by atoms with Crippen LogP contribution in [0.1, 0.15) is 10.4 Å². The van der Waals surface area contributed by atoms with Crippen LogP contribution < -0.4 is 11.5 Å². The lowest BCUT2D eigenvalue weighted by Gasteiger charge is -1.97. The van der Waals surface area contributed by atoms with Crippen LogP contribution in [-0.2, 0) is 0 Å². The zero-order valence-corrected chi connectivity index (χ0v) is 9.91. The van der Waals surface area contributed by atoms with Crippen LogP contribution in [0, 0.1) is 0 Å². The van der Waals surface area contributed by atoms with E-state index < -0.39 is 5.91 Å². The highest BCUT2D eigenvalue weighted by atomic mass is 79.9. The first-order chi connectivity index (χ1) is 7.58. The van der Waals surface area contributed by atoms with Gasteiger partial charge in [-0.1, -0.05) is 28.1 Å². The number of carbonyl (C=O) groups excluding carboxylic acids is 1. The highest BCUT2D eigenvalue weighted by Gasteiger charge is 2.11. The van der Waals surface area contributed by atoms with Gasteiger partial charge in [-0.25, -0.2) is 0 Å². The zero-order chi connectivity index (χ0) is 11.7. The lowest BCUT2D eigenvalue weighted by atomic mass is 10.1. The lowest BCUT2D eigenvalue weighted by molar-refractivity contribution is 0.100. The molecule has 2 rings (SSSR count). The number of nitrogen functional groups attached to an aromatic ring is 1. The van der Waals surface area contributed by atoms with Gasteiger partial charge in [0.25, 0.3) is 5.91 Å². The predicted molar refractivity (Wildman–Crippen MR) is 66.9 cm³/mol. The molecule has 0 atom stereocenters. The predicted octanol–water partition coefficient (Wildman–Crippen LogP) is 2.13. The highest BCUT2D eigenvalue weighted by Crippen LogP contribution is 2.25. The van der Waals surface area contributed by atoms with Gasteiger partial charge in [-0.05, 0) is 23.8 Å². The Morgan fingerprint density at radius 2 is 2.06 bits per heavy atom. The summed E-state index contributed by atoms with van der Waals surface area (Å²) in [6, 6.07) is 9.32. The van der Waals surface area contributed by atoms with Gasteiger partial charge >= 0.3 is 0 Å². The summed E-state index contributed by atoms with van der Waals surface area (Å²) in [5.74, 6) is -0.238. The summed E-state index contributed by atoms with van der Waals surface area (Å²) in [6.07, 6.45) is 0. The number of aromatic nitrogens is 1. The van der Waals surface area contributed by atoms with Crippen LogP contribution >= 0.6 is 15.9 Å². The quantitative estimate of drug-likeness (QED) is 0.787. The third-order valence-corrected chi connectivity index (χ3v) is 2.74. The fourth-order valence-electron chi connectivity index (χ4n) is 1.49. The summed E-state index contributed by atoms with van der Waals surface area (Å²) in [6.45, 7) is 0. The van der Waals surface area contributed by atoms with Gasteiger partial charge in [0.1, 0.15) is 5.82 Å². The molecule has 2 aromatic rings. The summed E-state index contributed by atoms with van der Waals surface area (Å²) in [4.78, 5) is 14.0. The zero-order valence-electron chi connectivity index (χ0n) is 8.33. The van der Waals surface area contributed by atoms with E-state index in [0.29, 0.717) is 11.4 Å². The van der Waals surface area contributed by atoms with Gasteiger partial charge in [0.2, 0.25) is 0 Å². The number of aromatic amines is 1. The molecule has 5 N–H and O–H groups in total. The van der Waals surface area contributed by atoms with Crippen molar-refractivity contribution < 1.29 is 4.79 Å². The smallest absolute Gasteiger partial charge is 0.252 e. The molecule has 16 heavy (non-hydrogen) atoms. The molecule has 82 valence electrons. The molecule has 1 aromatic carbocycles. The van der Waals surface area contributed by atoms with Gasteiger partial charge in [0.05, 0.1) is 5.56 Å². The molecule has 0 aliphatic rings. The van der Waals surface area contributed by atoms with Crippen molar-refractivity contribution >= 4 is 27.7 Å². The fraction of sp³-hybridized carbons (Fsp3) is 0. The summed E-state index contributed by atoms with van der Waals surface area (Å²) in [5, 5.41) is 0. The molecule has 0 spiro atoms. The molecular formula is C11H10BrN3O. The standard InChI is InChI=1S/C11H10BrN3O/c12-7-3-1-2-6(4-7)9-5-8(11(14)16)10(13)15-9/h1-5,15H,13H2,(H2,14,16). The van der Waals surface area contributed by atoms with E-state index in [2.05, 4.69) is 20.9 Å². The monoisotopic (exact) mass is 279 g/mol. The van der Waals surface area contributed by atoms with Crippen LogP contribution in [0.3, 0.4) is 0 Å². The number of hydrogen-bond donors (Lipinski definition) is 3. The first-order valence-corrected chi connectivity index (χ1v) is 5.41. The van der Waals surface area contributed by atoms with Crippen molar-refractivity contribution in [2.75, 3.05) is 5.73 Å². The molecule has 0 saturated carbocycles. The Balaban J connectivity index is 2.49. The van der Waals surface area contributed by atoms with E-state index >= 15 is 0 Å². The van der Waals surface area contributed by atoms with Crippen LogP contribution in [0.25, 0.3) is 11.3 Å². The largest absolute Gasteiger partial charge is 0.385 e. The average Bonchev–Trinajstić information content (AvgIpc) is 2.60. The number of carbonyl (C=O) groups is 1. The first kappa shape index (κ1) is 10.8. The molecule has 0 fully saturated rings. The molecular weight excluding hydrogens is 270 g/mol. The molecule has 0 radical (unpaired) electrons. The van der Waals surface area contributed by atoms with Gasteiger partial charge in [-0.3, -0.25) is 4.79 Å². The minimum atomic E-state index is -0.532. The second-order valence-electron chi connectivity index (χ2n) is 3.38. The second-order valence-corrected chi connectivity index (χ2v) is 4.30. The molecule has 0 bridgehead atoms. The van der Waals surface area contributed by atoms with E-state index in [9.17, 15) is 4.79 Å². The molecule has 1 amide bonds. The topological polar surface area (TPSA) is 84.9 Å². The number of anilines is 1. The Bertz CT molecular complexity index is 548. The van der Waals surface area contributed by atoms with E-state index in [1.54, 1.807) is 6.07 Å². The van der Waals surface area contributed by atoms with Crippen molar-refractivity contribution in [1.29, 1.82) is 0 Å². The number of nitrogens with one attached hydrogen (secondary N) is 1. The number of nitrogens with two attached hydrogens (primary N) is 2. The SMILES string of the molecule is NC(=O)c1cc(-c2cccc(Br)c2)[nH]c1N. The molecule has 1 aromatic heterocycles. The van der Waals surface area contributed by atoms with E-state index in [4.69, 9.17) is 11.5 Å². The number of amides is 1. The number of rotatable bonds is 2. The summed E-state index contributed by atoms with van der Waals surface area (Å²) >= 11 is 3.38. The third-order valence-electron chi connectivity index (χ3n) is 2.25. The summed E-state index contributed by atoms with van der Waals surface area (Å²) < 4.78 is 0.957. The summed E-state index contributed by atoms with van der Waals surface area (Å²) in [7, 11) is 0. The van der Waals surface area contributed by atoms with E-state index in [1.807, 2.05) is 24.3 Å². The maximum Gasteiger partial charge on any atom is 0.252 e. The Hall–Kier alpha value is -1.75. The molecule has 0 aliphatic heterocycles. The summed E-state index contributed by atoms with van der Waals surface area (Å²) in [5.41, 5.74) is 12.9. The van der Waals surface area contributed by atoms with Gasteiger partial charge in [-0.15, -0.1) is 0 Å². The van der Waals surface area contributed by atoms with Crippen LogP contribution in [0.15, 0.2) is 34.8 Å². The Labute approximate surface area is 101 Å². The van der Waals surface area contributed by atoms with Crippen molar-refractivity contribution in [2.24, 2.45) is 5.73 Å². The maximum absolute atomic E-state index is 11.0. The molecule has 1 heterocycles. The fourth-order valence-corrected chi connectivity index (χ4v) is 1.89. The number of halogens is 1. The highest BCUT2D eigenvalue weighted by molar-refractivity contribution is 9.10. The molecule has 4 nitrogen and oxygen atoms in total. The maximum atomic E-state index is 11.0. The number of hydrogen-bond acceptors (Lipinski definition) is 2. The minimum absolute atomic E-state index is 0.294.